The molecule has 5 nitrogen and oxygen atoms in total. The van der Waals surface area contributed by atoms with Gasteiger partial charge in [0, 0.05) is 36.7 Å². The van der Waals surface area contributed by atoms with E-state index in [0.29, 0.717) is 30.9 Å². The first-order valence-electron chi connectivity index (χ1n) is 9.12. The highest BCUT2D eigenvalue weighted by atomic mass is 19.4. The SMILES string of the molecule is CCc1cc(C(F)(F)F)n2nc(C3CCN(C(=O)C4CC4)CC3)cc2n1. The fourth-order valence-electron chi connectivity index (χ4n) is 3.61. The number of alkyl halides is 3. The smallest absolute Gasteiger partial charge is 0.342 e. The number of hydrogen-bond acceptors (Lipinski definition) is 3. The zero-order chi connectivity index (χ0) is 18.5. The topological polar surface area (TPSA) is 50.5 Å². The molecule has 0 atom stereocenters. The van der Waals surface area contributed by atoms with Gasteiger partial charge in [0.2, 0.25) is 5.91 Å². The highest BCUT2D eigenvalue weighted by Gasteiger charge is 2.37. The third kappa shape index (κ3) is 3.17. The lowest BCUT2D eigenvalue weighted by Gasteiger charge is -2.31. The average molecular weight is 366 g/mol. The van der Waals surface area contributed by atoms with Gasteiger partial charge in [-0.05, 0) is 38.2 Å². The molecule has 140 valence electrons. The molecule has 8 heteroatoms. The Balaban J connectivity index is 1.59. The molecule has 2 aliphatic rings. The fraction of sp³-hybridized carbons (Fsp3) is 0.611. The quantitative estimate of drug-likeness (QED) is 0.836. The molecule has 2 aromatic heterocycles. The van der Waals surface area contributed by atoms with Gasteiger partial charge >= 0.3 is 6.18 Å². The van der Waals surface area contributed by atoms with Gasteiger partial charge in [-0.1, -0.05) is 6.92 Å². The van der Waals surface area contributed by atoms with E-state index in [2.05, 4.69) is 10.1 Å². The minimum atomic E-state index is -4.48. The number of likely N-dealkylation sites (tertiary alicyclic amines) is 1. The lowest BCUT2D eigenvalue weighted by atomic mass is 9.93. The second-order valence-electron chi connectivity index (χ2n) is 7.20. The maximum atomic E-state index is 13.4. The molecule has 1 aliphatic carbocycles. The number of fused-ring (bicyclic) bond motifs is 1. The van der Waals surface area contributed by atoms with Crippen molar-refractivity contribution < 1.29 is 18.0 Å². The Morgan fingerprint density at radius 1 is 1.19 bits per heavy atom. The zero-order valence-corrected chi connectivity index (χ0v) is 14.6. The Bertz CT molecular complexity index is 833. The monoisotopic (exact) mass is 366 g/mol. The van der Waals surface area contributed by atoms with Crippen molar-refractivity contribution in [2.75, 3.05) is 13.1 Å². The number of nitrogens with zero attached hydrogens (tertiary/aromatic N) is 4. The lowest BCUT2D eigenvalue weighted by Crippen LogP contribution is -2.38. The van der Waals surface area contributed by atoms with Crippen LogP contribution in [0.3, 0.4) is 0 Å². The summed E-state index contributed by atoms with van der Waals surface area (Å²) < 4.78 is 41.0. The van der Waals surface area contributed by atoms with Crippen molar-refractivity contribution in [2.24, 2.45) is 5.92 Å². The van der Waals surface area contributed by atoms with Crippen molar-refractivity contribution in [3.63, 3.8) is 0 Å². The molecule has 2 fully saturated rings. The minimum Gasteiger partial charge on any atom is -0.342 e. The number of halogens is 3. The first-order chi connectivity index (χ1) is 12.4. The molecule has 4 rings (SSSR count). The summed E-state index contributed by atoms with van der Waals surface area (Å²) in [5, 5.41) is 4.23. The van der Waals surface area contributed by atoms with Crippen molar-refractivity contribution in [3.8, 4) is 0 Å². The van der Waals surface area contributed by atoms with E-state index in [-0.39, 0.29) is 23.4 Å². The van der Waals surface area contributed by atoms with E-state index in [1.807, 2.05) is 4.90 Å². The van der Waals surface area contributed by atoms with Gasteiger partial charge in [-0.25, -0.2) is 9.50 Å². The van der Waals surface area contributed by atoms with Crippen LogP contribution in [0.25, 0.3) is 5.65 Å². The molecule has 0 unspecified atom stereocenters. The molecule has 0 bridgehead atoms. The van der Waals surface area contributed by atoms with Crippen molar-refractivity contribution in [3.05, 3.63) is 29.2 Å². The second-order valence-corrected chi connectivity index (χ2v) is 7.20. The largest absolute Gasteiger partial charge is 0.433 e. The summed E-state index contributed by atoms with van der Waals surface area (Å²) in [6, 6.07) is 2.73. The van der Waals surface area contributed by atoms with Crippen LogP contribution in [0, 0.1) is 5.92 Å². The number of carbonyl (C=O) groups is 1. The molecular formula is C18H21F3N4O. The highest BCUT2D eigenvalue weighted by Crippen LogP contribution is 2.35. The van der Waals surface area contributed by atoms with Crippen LogP contribution in [-0.2, 0) is 17.4 Å². The molecule has 26 heavy (non-hydrogen) atoms. The van der Waals surface area contributed by atoms with Gasteiger partial charge in [0.05, 0.1) is 5.69 Å². The van der Waals surface area contributed by atoms with Crippen molar-refractivity contribution in [2.45, 2.75) is 51.1 Å². The lowest BCUT2D eigenvalue weighted by molar-refractivity contribution is -0.142. The number of aromatic nitrogens is 3. The van der Waals surface area contributed by atoms with Crippen LogP contribution in [0.2, 0.25) is 0 Å². The van der Waals surface area contributed by atoms with Crippen LogP contribution < -0.4 is 0 Å². The maximum Gasteiger partial charge on any atom is 0.433 e. The Kier molecular flexibility index (Phi) is 4.16. The number of rotatable bonds is 3. The van der Waals surface area contributed by atoms with E-state index in [9.17, 15) is 18.0 Å². The van der Waals surface area contributed by atoms with Gasteiger partial charge in [0.15, 0.2) is 5.65 Å². The fourth-order valence-corrected chi connectivity index (χ4v) is 3.61. The third-order valence-electron chi connectivity index (χ3n) is 5.30. The number of carbonyl (C=O) groups excluding carboxylic acids is 1. The molecule has 0 N–H and O–H groups in total. The normalized spacial score (nSPS) is 19.3. The van der Waals surface area contributed by atoms with Crippen LogP contribution in [-0.4, -0.2) is 38.5 Å². The van der Waals surface area contributed by atoms with Gasteiger partial charge in [-0.15, -0.1) is 0 Å². The predicted octanol–water partition coefficient (Wildman–Crippen LogP) is 3.43. The molecule has 1 saturated carbocycles. The first kappa shape index (κ1) is 17.3. The summed E-state index contributed by atoms with van der Waals surface area (Å²) >= 11 is 0. The summed E-state index contributed by atoms with van der Waals surface area (Å²) in [4.78, 5) is 18.3. The van der Waals surface area contributed by atoms with Crippen molar-refractivity contribution in [1.29, 1.82) is 0 Å². The Hall–Kier alpha value is -2.12. The second kappa shape index (κ2) is 6.25. The van der Waals surface area contributed by atoms with Crippen molar-refractivity contribution in [1.82, 2.24) is 19.5 Å². The van der Waals surface area contributed by atoms with Gasteiger partial charge in [0.25, 0.3) is 0 Å². The molecule has 2 aromatic rings. The molecule has 3 heterocycles. The summed E-state index contributed by atoms with van der Waals surface area (Å²) in [7, 11) is 0. The van der Waals surface area contributed by atoms with Crippen LogP contribution >= 0.6 is 0 Å². The molecule has 1 amide bonds. The number of hydrogen-bond donors (Lipinski definition) is 0. The van der Waals surface area contributed by atoms with Crippen LogP contribution in [0.15, 0.2) is 12.1 Å². The molecular weight excluding hydrogens is 345 g/mol. The van der Waals surface area contributed by atoms with Crippen LogP contribution in [0.4, 0.5) is 13.2 Å². The standard InChI is InChI=1S/C18H21F3N4O/c1-2-13-9-15(18(19,20)21)25-16(22-13)10-14(23-25)11-5-7-24(8-6-11)17(26)12-3-4-12/h9-12H,2-8H2,1H3. The summed E-state index contributed by atoms with van der Waals surface area (Å²) in [5.74, 6) is 0.492. The van der Waals surface area contributed by atoms with Crippen molar-refractivity contribution >= 4 is 11.6 Å². The average Bonchev–Trinajstić information content (AvgIpc) is 3.38. The summed E-state index contributed by atoms with van der Waals surface area (Å²) in [5.41, 5.74) is 0.492. The summed E-state index contributed by atoms with van der Waals surface area (Å²) in [6.07, 6.45) is -0.626. The molecule has 0 spiro atoms. The van der Waals surface area contributed by atoms with E-state index < -0.39 is 11.9 Å². The van der Waals surface area contributed by atoms with Crippen LogP contribution in [0.5, 0.6) is 0 Å². The highest BCUT2D eigenvalue weighted by molar-refractivity contribution is 5.81. The van der Waals surface area contributed by atoms with E-state index in [0.717, 1.165) is 36.3 Å². The van der Waals surface area contributed by atoms with Gasteiger partial charge < -0.3 is 4.90 Å². The molecule has 0 radical (unpaired) electrons. The van der Waals surface area contributed by atoms with E-state index in [1.165, 1.54) is 0 Å². The first-order valence-corrected chi connectivity index (χ1v) is 9.12. The predicted molar refractivity (Wildman–Crippen MR) is 88.6 cm³/mol. The Morgan fingerprint density at radius 3 is 2.46 bits per heavy atom. The minimum absolute atomic E-state index is 0.0612. The number of piperidine rings is 1. The van der Waals surface area contributed by atoms with Gasteiger partial charge in [0.1, 0.15) is 5.69 Å². The molecule has 1 saturated heterocycles. The van der Waals surface area contributed by atoms with Gasteiger partial charge in [-0.2, -0.15) is 18.3 Å². The Morgan fingerprint density at radius 2 is 1.88 bits per heavy atom. The third-order valence-corrected chi connectivity index (χ3v) is 5.30. The molecule has 1 aliphatic heterocycles. The van der Waals surface area contributed by atoms with E-state index in [1.54, 1.807) is 13.0 Å². The Labute approximate surface area is 149 Å². The van der Waals surface area contributed by atoms with Crippen LogP contribution in [0.1, 0.15) is 55.6 Å². The van der Waals surface area contributed by atoms with E-state index in [4.69, 9.17) is 0 Å². The zero-order valence-electron chi connectivity index (χ0n) is 14.6. The van der Waals surface area contributed by atoms with E-state index >= 15 is 0 Å². The summed E-state index contributed by atoms with van der Waals surface area (Å²) in [6.45, 7) is 3.07. The number of aryl methyl sites for hydroxylation is 1. The van der Waals surface area contributed by atoms with Gasteiger partial charge in [-0.3, -0.25) is 4.79 Å². The molecule has 0 aromatic carbocycles. The number of amides is 1. The maximum absolute atomic E-state index is 13.4.